The number of hydrogen-bond acceptors (Lipinski definition) is 1. The minimum atomic E-state index is -0.359. The summed E-state index contributed by atoms with van der Waals surface area (Å²) >= 11 is 0. The molecule has 3 aromatic carbocycles. The van der Waals surface area contributed by atoms with Crippen molar-refractivity contribution in [1.82, 2.24) is 0 Å². The molecule has 3 rings (SSSR count). The van der Waals surface area contributed by atoms with Gasteiger partial charge in [-0.1, -0.05) is 48.2 Å². The number of halogens is 1. The first kappa shape index (κ1) is 16.4. The number of carbonyl (C=O) groups is 1. The summed E-state index contributed by atoms with van der Waals surface area (Å²) in [6, 6.07) is 22.9. The van der Waals surface area contributed by atoms with Gasteiger partial charge in [-0.3, -0.25) is 4.79 Å². The molecular weight excluding hydrogens is 311 g/mol. The highest BCUT2D eigenvalue weighted by atomic mass is 19.1. The summed E-state index contributed by atoms with van der Waals surface area (Å²) in [5.41, 5.74) is 3.09. The molecule has 0 unspecified atom stereocenters. The Bertz CT molecular complexity index is 958. The SMILES string of the molecule is O=C(/C=C/c1ccccc1C#Cc1ccccc1)c1ccc(F)cc1. The van der Waals surface area contributed by atoms with E-state index in [0.717, 1.165) is 16.7 Å². The van der Waals surface area contributed by atoms with Gasteiger partial charge in [0.25, 0.3) is 0 Å². The zero-order chi connectivity index (χ0) is 17.5. The maximum absolute atomic E-state index is 12.9. The van der Waals surface area contributed by atoms with E-state index in [1.54, 1.807) is 6.08 Å². The van der Waals surface area contributed by atoms with Gasteiger partial charge in [0.2, 0.25) is 0 Å². The highest BCUT2D eigenvalue weighted by Gasteiger charge is 2.02. The normalized spacial score (nSPS) is 10.3. The van der Waals surface area contributed by atoms with E-state index in [2.05, 4.69) is 11.8 Å². The Morgan fingerprint density at radius 3 is 2.24 bits per heavy atom. The molecule has 120 valence electrons. The molecule has 0 aliphatic rings. The standard InChI is InChI=1S/C23H15FO/c24-22-15-12-21(13-16-22)23(25)17-14-20-9-5-4-8-19(20)11-10-18-6-2-1-3-7-18/h1-9,12-17H/b17-14+. The van der Waals surface area contributed by atoms with Crippen molar-refractivity contribution in [3.05, 3.63) is 113 Å². The van der Waals surface area contributed by atoms with Crippen molar-refractivity contribution in [3.63, 3.8) is 0 Å². The summed E-state index contributed by atoms with van der Waals surface area (Å²) in [5, 5.41) is 0. The predicted molar refractivity (Wildman–Crippen MR) is 98.6 cm³/mol. The lowest BCUT2D eigenvalue weighted by Crippen LogP contribution is -1.94. The highest BCUT2D eigenvalue weighted by Crippen LogP contribution is 2.12. The van der Waals surface area contributed by atoms with Gasteiger partial charge in [0, 0.05) is 16.7 Å². The van der Waals surface area contributed by atoms with Crippen molar-refractivity contribution in [1.29, 1.82) is 0 Å². The van der Waals surface area contributed by atoms with Crippen LogP contribution in [0, 0.1) is 17.7 Å². The van der Waals surface area contributed by atoms with Crippen LogP contribution in [-0.4, -0.2) is 5.78 Å². The van der Waals surface area contributed by atoms with Gasteiger partial charge < -0.3 is 0 Å². The fourth-order valence-corrected chi connectivity index (χ4v) is 2.29. The largest absolute Gasteiger partial charge is 0.289 e. The molecule has 0 aliphatic carbocycles. The van der Waals surface area contributed by atoms with E-state index in [1.165, 1.54) is 30.3 Å². The van der Waals surface area contributed by atoms with Crippen molar-refractivity contribution in [2.24, 2.45) is 0 Å². The Morgan fingerprint density at radius 1 is 0.800 bits per heavy atom. The van der Waals surface area contributed by atoms with Crippen molar-refractivity contribution < 1.29 is 9.18 Å². The molecule has 0 spiro atoms. The minimum Gasteiger partial charge on any atom is -0.289 e. The van der Waals surface area contributed by atoms with Gasteiger partial charge in [0.1, 0.15) is 5.82 Å². The molecule has 0 bridgehead atoms. The van der Waals surface area contributed by atoms with Crippen LogP contribution in [0.25, 0.3) is 6.08 Å². The van der Waals surface area contributed by atoms with Gasteiger partial charge in [0.05, 0.1) is 0 Å². The molecule has 0 radical (unpaired) electrons. The van der Waals surface area contributed by atoms with Crippen molar-refractivity contribution in [2.75, 3.05) is 0 Å². The molecule has 0 atom stereocenters. The van der Waals surface area contributed by atoms with Crippen LogP contribution in [-0.2, 0) is 0 Å². The summed E-state index contributed by atoms with van der Waals surface area (Å²) in [7, 11) is 0. The van der Waals surface area contributed by atoms with E-state index in [4.69, 9.17) is 0 Å². The summed E-state index contributed by atoms with van der Waals surface area (Å²) in [6.07, 6.45) is 3.22. The van der Waals surface area contributed by atoms with Gasteiger partial charge in [-0.2, -0.15) is 0 Å². The molecule has 0 amide bonds. The maximum Gasteiger partial charge on any atom is 0.185 e. The van der Waals surface area contributed by atoms with Gasteiger partial charge in [-0.25, -0.2) is 4.39 Å². The Hall–Kier alpha value is -3.44. The van der Waals surface area contributed by atoms with Crippen LogP contribution in [0.2, 0.25) is 0 Å². The second-order valence-corrected chi connectivity index (χ2v) is 5.41. The van der Waals surface area contributed by atoms with Crippen LogP contribution in [0.15, 0.2) is 84.9 Å². The molecule has 1 nitrogen and oxygen atoms in total. The summed E-state index contributed by atoms with van der Waals surface area (Å²) in [4.78, 5) is 12.2. The van der Waals surface area contributed by atoms with E-state index < -0.39 is 0 Å². The van der Waals surface area contributed by atoms with E-state index in [0.29, 0.717) is 5.56 Å². The first-order chi connectivity index (χ1) is 12.2. The van der Waals surface area contributed by atoms with Crippen molar-refractivity contribution >= 4 is 11.9 Å². The second kappa shape index (κ2) is 7.90. The van der Waals surface area contributed by atoms with Gasteiger partial charge >= 0.3 is 0 Å². The zero-order valence-corrected chi connectivity index (χ0v) is 13.4. The molecule has 2 heteroatoms. The summed E-state index contributed by atoms with van der Waals surface area (Å²) in [5.74, 6) is 5.72. The van der Waals surface area contributed by atoms with Crippen LogP contribution in [0.1, 0.15) is 27.0 Å². The number of allylic oxidation sites excluding steroid dienone is 1. The lowest BCUT2D eigenvalue weighted by Gasteiger charge is -1.99. The third-order valence-electron chi connectivity index (χ3n) is 3.62. The van der Waals surface area contributed by atoms with Crippen LogP contribution < -0.4 is 0 Å². The van der Waals surface area contributed by atoms with E-state index in [1.807, 2.05) is 54.6 Å². The van der Waals surface area contributed by atoms with Crippen LogP contribution in [0.3, 0.4) is 0 Å². The number of ketones is 1. The zero-order valence-electron chi connectivity index (χ0n) is 13.4. The Morgan fingerprint density at radius 2 is 1.48 bits per heavy atom. The molecule has 25 heavy (non-hydrogen) atoms. The molecular formula is C23H15FO. The van der Waals surface area contributed by atoms with Crippen LogP contribution >= 0.6 is 0 Å². The van der Waals surface area contributed by atoms with E-state index in [9.17, 15) is 9.18 Å². The molecule has 0 aliphatic heterocycles. The molecule has 0 saturated carbocycles. The molecule has 0 heterocycles. The van der Waals surface area contributed by atoms with Gasteiger partial charge in [-0.15, -0.1) is 0 Å². The topological polar surface area (TPSA) is 17.1 Å². The third kappa shape index (κ3) is 4.53. The fourth-order valence-electron chi connectivity index (χ4n) is 2.29. The highest BCUT2D eigenvalue weighted by molar-refractivity contribution is 6.06. The van der Waals surface area contributed by atoms with Crippen LogP contribution in [0.5, 0.6) is 0 Å². The number of benzene rings is 3. The first-order valence-corrected chi connectivity index (χ1v) is 7.86. The lowest BCUT2D eigenvalue weighted by molar-refractivity contribution is 0.104. The quantitative estimate of drug-likeness (QED) is 0.371. The summed E-state index contributed by atoms with van der Waals surface area (Å²) < 4.78 is 12.9. The van der Waals surface area contributed by atoms with Crippen molar-refractivity contribution in [2.45, 2.75) is 0 Å². The molecule has 0 fully saturated rings. The lowest BCUT2D eigenvalue weighted by atomic mass is 10.0. The van der Waals surface area contributed by atoms with Crippen molar-refractivity contribution in [3.8, 4) is 11.8 Å². The second-order valence-electron chi connectivity index (χ2n) is 5.41. The number of hydrogen-bond donors (Lipinski definition) is 0. The average molecular weight is 326 g/mol. The maximum atomic E-state index is 12.9. The number of rotatable bonds is 3. The Balaban J connectivity index is 1.82. The van der Waals surface area contributed by atoms with Gasteiger partial charge in [0.15, 0.2) is 5.78 Å². The third-order valence-corrected chi connectivity index (χ3v) is 3.62. The Kier molecular flexibility index (Phi) is 5.19. The number of carbonyl (C=O) groups excluding carboxylic acids is 1. The summed E-state index contributed by atoms with van der Waals surface area (Å²) in [6.45, 7) is 0. The molecule has 0 aromatic heterocycles. The molecule has 0 saturated heterocycles. The predicted octanol–water partition coefficient (Wildman–Crippen LogP) is 5.12. The average Bonchev–Trinajstić information content (AvgIpc) is 2.66. The Labute approximate surface area is 146 Å². The van der Waals surface area contributed by atoms with E-state index >= 15 is 0 Å². The van der Waals surface area contributed by atoms with Gasteiger partial charge in [-0.05, 0) is 60.2 Å². The van der Waals surface area contributed by atoms with E-state index in [-0.39, 0.29) is 11.6 Å². The molecule has 0 N–H and O–H groups in total. The minimum absolute atomic E-state index is 0.175. The van der Waals surface area contributed by atoms with Crippen LogP contribution in [0.4, 0.5) is 4.39 Å². The monoisotopic (exact) mass is 326 g/mol. The fraction of sp³-hybridized carbons (Fsp3) is 0. The smallest absolute Gasteiger partial charge is 0.185 e. The molecule has 3 aromatic rings. The first-order valence-electron chi connectivity index (χ1n) is 7.86.